The maximum atomic E-state index is 10.8. The molecule has 0 bridgehead atoms. The highest BCUT2D eigenvalue weighted by Gasteiger charge is 2.18. The lowest BCUT2D eigenvalue weighted by Gasteiger charge is -2.13. The smallest absolute Gasteiger partial charge is 0.303 e. The molecule has 6 nitrogen and oxygen atoms in total. The van der Waals surface area contributed by atoms with Gasteiger partial charge < -0.3 is 14.3 Å². The van der Waals surface area contributed by atoms with Gasteiger partial charge in [-0.1, -0.05) is 31.2 Å². The summed E-state index contributed by atoms with van der Waals surface area (Å²) in [5.41, 5.74) is 6.81. The Hall–Kier alpha value is -3.64. The summed E-state index contributed by atoms with van der Waals surface area (Å²) in [6.07, 6.45) is 0.638. The maximum Gasteiger partial charge on any atom is 0.303 e. The number of halogens is 1. The van der Waals surface area contributed by atoms with Gasteiger partial charge in [-0.05, 0) is 74.7 Å². The summed E-state index contributed by atoms with van der Waals surface area (Å²) in [4.78, 5) is 20.2. The fraction of sp³-hybridized carbons (Fsp3) is 0.276. The third-order valence-electron chi connectivity index (χ3n) is 6.04. The zero-order valence-electron chi connectivity index (χ0n) is 20.9. The monoisotopic (exact) mass is 506 g/mol. The van der Waals surface area contributed by atoms with Gasteiger partial charge in [0.1, 0.15) is 11.5 Å². The molecule has 2 aromatic heterocycles. The van der Waals surface area contributed by atoms with Crippen LogP contribution in [0.5, 0.6) is 5.75 Å². The lowest BCUT2D eigenvalue weighted by Crippen LogP contribution is -2.09. The molecule has 0 amide bonds. The lowest BCUT2D eigenvalue weighted by atomic mass is 10.0. The summed E-state index contributed by atoms with van der Waals surface area (Å²) in [7, 11) is 0. The van der Waals surface area contributed by atoms with Crippen LogP contribution in [0.15, 0.2) is 65.1 Å². The molecule has 2 aromatic carbocycles. The molecule has 4 aromatic rings. The number of nitrogens with zero attached hydrogens (tertiary/aromatic N) is 2. The molecule has 0 saturated carbocycles. The largest absolute Gasteiger partial charge is 0.493 e. The van der Waals surface area contributed by atoms with E-state index in [2.05, 4.69) is 11.9 Å². The molecular weight excluding hydrogens is 476 g/mol. The minimum absolute atomic E-state index is 0. The fourth-order valence-corrected chi connectivity index (χ4v) is 4.06. The third-order valence-corrected chi connectivity index (χ3v) is 6.04. The molecule has 0 aliphatic carbocycles. The van der Waals surface area contributed by atoms with E-state index in [1.165, 1.54) is 0 Å². The number of oxazole rings is 1. The number of carboxylic acid groups (broad SMARTS) is 1. The Balaban J connectivity index is 0.00000361. The number of aryl methyl sites for hydroxylation is 4. The van der Waals surface area contributed by atoms with Crippen LogP contribution < -0.4 is 4.74 Å². The van der Waals surface area contributed by atoms with E-state index in [0.717, 1.165) is 50.8 Å². The van der Waals surface area contributed by atoms with Gasteiger partial charge in [-0.15, -0.1) is 12.4 Å². The van der Waals surface area contributed by atoms with Gasteiger partial charge in [0, 0.05) is 29.2 Å². The van der Waals surface area contributed by atoms with E-state index in [1.807, 2.05) is 81.4 Å². The minimum atomic E-state index is -0.792. The zero-order chi connectivity index (χ0) is 24.9. The number of ether oxygens (including phenoxy) is 1. The Morgan fingerprint density at radius 3 is 2.39 bits per heavy atom. The number of aliphatic carboxylic acids is 1. The van der Waals surface area contributed by atoms with Gasteiger partial charge in [0.25, 0.3) is 0 Å². The number of hydrogen-bond donors (Lipinski definition) is 1. The topological polar surface area (TPSA) is 85.5 Å². The van der Waals surface area contributed by atoms with Crippen LogP contribution in [0.3, 0.4) is 0 Å². The highest BCUT2D eigenvalue weighted by molar-refractivity contribution is 5.85. The Morgan fingerprint density at radius 1 is 1.00 bits per heavy atom. The normalized spacial score (nSPS) is 11.6. The molecule has 4 rings (SSSR count). The standard InChI is InChI=1S/C29H30N2O4.ClH/c1-18-16-25(14-12-22(18)13-15-27(32)33)34-17-19(2)28-21(4)35-29(31-28)24-10-8-23(9-11-24)26-7-5-6-20(3)30-26;/h5-12,14,16,19H,13,15,17H2,1-4H3,(H,32,33);1H. The van der Waals surface area contributed by atoms with E-state index in [0.29, 0.717) is 18.9 Å². The molecular formula is C29H31ClN2O4. The number of benzene rings is 2. The second-order valence-corrected chi connectivity index (χ2v) is 8.90. The van der Waals surface area contributed by atoms with Gasteiger partial charge in [-0.3, -0.25) is 9.78 Å². The first kappa shape index (κ1) is 27.0. The summed E-state index contributed by atoms with van der Waals surface area (Å²) in [6.45, 7) is 8.41. The Bertz CT molecular complexity index is 1330. The molecule has 0 radical (unpaired) electrons. The summed E-state index contributed by atoms with van der Waals surface area (Å²) in [6, 6.07) is 19.9. The van der Waals surface area contributed by atoms with E-state index in [-0.39, 0.29) is 24.7 Å². The van der Waals surface area contributed by atoms with E-state index in [1.54, 1.807) is 0 Å². The van der Waals surface area contributed by atoms with Gasteiger partial charge in [-0.25, -0.2) is 4.98 Å². The van der Waals surface area contributed by atoms with Crippen LogP contribution in [0, 0.1) is 20.8 Å². The highest BCUT2D eigenvalue weighted by Crippen LogP contribution is 2.29. The molecule has 36 heavy (non-hydrogen) atoms. The fourth-order valence-electron chi connectivity index (χ4n) is 4.06. The van der Waals surface area contributed by atoms with Gasteiger partial charge in [-0.2, -0.15) is 0 Å². The number of carboxylic acids is 1. The van der Waals surface area contributed by atoms with E-state index in [4.69, 9.17) is 19.2 Å². The summed E-state index contributed by atoms with van der Waals surface area (Å²) in [5, 5.41) is 8.90. The molecule has 188 valence electrons. The molecule has 1 unspecified atom stereocenters. The van der Waals surface area contributed by atoms with Gasteiger partial charge in [0.15, 0.2) is 0 Å². The molecule has 2 heterocycles. The van der Waals surface area contributed by atoms with Crippen molar-refractivity contribution in [2.45, 2.75) is 46.5 Å². The minimum Gasteiger partial charge on any atom is -0.493 e. The summed E-state index contributed by atoms with van der Waals surface area (Å²) >= 11 is 0. The molecule has 7 heteroatoms. The van der Waals surface area contributed by atoms with Crippen LogP contribution in [0.1, 0.15) is 47.5 Å². The molecule has 0 aliphatic rings. The molecule has 0 fully saturated rings. The number of aromatic nitrogens is 2. The summed E-state index contributed by atoms with van der Waals surface area (Å²) in [5.74, 6) is 1.37. The molecule has 1 atom stereocenters. The van der Waals surface area contributed by atoms with Crippen LogP contribution in [0.2, 0.25) is 0 Å². The zero-order valence-corrected chi connectivity index (χ0v) is 21.8. The van der Waals surface area contributed by atoms with Crippen LogP contribution in [0.4, 0.5) is 0 Å². The van der Waals surface area contributed by atoms with Crippen molar-refractivity contribution in [1.29, 1.82) is 0 Å². The quantitative estimate of drug-likeness (QED) is 0.264. The van der Waals surface area contributed by atoms with Crippen LogP contribution >= 0.6 is 12.4 Å². The van der Waals surface area contributed by atoms with E-state index >= 15 is 0 Å². The summed E-state index contributed by atoms with van der Waals surface area (Å²) < 4.78 is 12.0. The average Bonchev–Trinajstić information content (AvgIpc) is 3.23. The number of carbonyl (C=O) groups is 1. The van der Waals surface area contributed by atoms with Gasteiger partial charge in [0.05, 0.1) is 18.0 Å². The molecule has 1 N–H and O–H groups in total. The molecule has 0 aliphatic heterocycles. The van der Waals surface area contributed by atoms with Crippen molar-refractivity contribution in [2.24, 2.45) is 0 Å². The van der Waals surface area contributed by atoms with E-state index < -0.39 is 5.97 Å². The van der Waals surface area contributed by atoms with Gasteiger partial charge in [0.2, 0.25) is 5.89 Å². The van der Waals surface area contributed by atoms with E-state index in [9.17, 15) is 4.79 Å². The van der Waals surface area contributed by atoms with Crippen LogP contribution in [-0.4, -0.2) is 27.7 Å². The Kier molecular flexibility index (Phi) is 8.88. The molecule has 0 saturated heterocycles. The SMILES string of the molecule is Cc1cccc(-c2ccc(-c3nc(C(C)COc4ccc(CCC(=O)O)c(C)c4)c(C)o3)cc2)n1.Cl. The number of rotatable bonds is 9. The lowest BCUT2D eigenvalue weighted by molar-refractivity contribution is -0.136. The maximum absolute atomic E-state index is 10.8. The predicted octanol–water partition coefficient (Wildman–Crippen LogP) is 6.95. The number of pyridine rings is 1. The predicted molar refractivity (Wildman–Crippen MR) is 143 cm³/mol. The Morgan fingerprint density at radius 2 is 1.72 bits per heavy atom. The van der Waals surface area contributed by atoms with Crippen molar-refractivity contribution in [3.8, 4) is 28.5 Å². The van der Waals surface area contributed by atoms with Crippen LogP contribution in [0.25, 0.3) is 22.7 Å². The van der Waals surface area contributed by atoms with Gasteiger partial charge >= 0.3 is 5.97 Å². The Labute approximate surface area is 217 Å². The third kappa shape index (κ3) is 6.52. The first-order valence-electron chi connectivity index (χ1n) is 11.8. The second kappa shape index (κ2) is 11.9. The number of hydrogen-bond acceptors (Lipinski definition) is 5. The van der Waals surface area contributed by atoms with Crippen LogP contribution in [-0.2, 0) is 11.2 Å². The second-order valence-electron chi connectivity index (χ2n) is 8.90. The van der Waals surface area contributed by atoms with Crippen molar-refractivity contribution in [2.75, 3.05) is 6.61 Å². The van der Waals surface area contributed by atoms with Crippen molar-refractivity contribution in [3.63, 3.8) is 0 Å². The average molecular weight is 507 g/mol. The van der Waals surface area contributed by atoms with Crippen molar-refractivity contribution in [1.82, 2.24) is 9.97 Å². The van der Waals surface area contributed by atoms with Crippen molar-refractivity contribution >= 4 is 18.4 Å². The molecule has 0 spiro atoms. The first-order valence-corrected chi connectivity index (χ1v) is 11.8. The van der Waals surface area contributed by atoms with Crippen molar-refractivity contribution < 1.29 is 19.1 Å². The van der Waals surface area contributed by atoms with Crippen molar-refractivity contribution in [3.05, 3.63) is 88.9 Å². The highest BCUT2D eigenvalue weighted by atomic mass is 35.5. The first-order chi connectivity index (χ1) is 16.8.